The summed E-state index contributed by atoms with van der Waals surface area (Å²) in [5, 5.41) is 17.0. The number of anilines is 2. The molecule has 3 aromatic heterocycles. The Morgan fingerprint density at radius 3 is 2.94 bits per heavy atom. The highest BCUT2D eigenvalue weighted by Gasteiger charge is 2.17. The van der Waals surface area contributed by atoms with E-state index in [1.807, 2.05) is 21.6 Å². The van der Waals surface area contributed by atoms with Gasteiger partial charge in [-0.2, -0.15) is 10.2 Å². The van der Waals surface area contributed by atoms with Gasteiger partial charge < -0.3 is 10.6 Å². The first-order valence-corrected chi connectivity index (χ1v) is 11.7. The number of benzene rings is 1. The minimum Gasteiger partial charge on any atom is -0.385 e. The third-order valence-electron chi connectivity index (χ3n) is 6.06. The first-order chi connectivity index (χ1) is 16.7. The molecule has 0 unspecified atom stereocenters. The highest BCUT2D eigenvalue weighted by molar-refractivity contribution is 5.86. The molecule has 4 aromatic rings. The topological polar surface area (TPSA) is 72.1 Å². The van der Waals surface area contributed by atoms with Crippen LogP contribution in [0.4, 0.5) is 11.5 Å². The Morgan fingerprint density at radius 1 is 1.18 bits per heavy atom. The number of aryl methyl sites for hydroxylation is 1. The largest absolute Gasteiger partial charge is 0.385 e. The molecule has 7 heteroatoms. The van der Waals surface area contributed by atoms with Crippen molar-refractivity contribution in [2.75, 3.05) is 11.9 Å². The molecule has 3 heterocycles. The van der Waals surface area contributed by atoms with Crippen molar-refractivity contribution in [3.8, 4) is 0 Å². The third kappa shape index (κ3) is 4.12. The lowest BCUT2D eigenvalue weighted by atomic mass is 10.1. The molecule has 0 saturated heterocycles. The molecule has 5 rings (SSSR count). The van der Waals surface area contributed by atoms with Gasteiger partial charge >= 0.3 is 0 Å². The Balaban J connectivity index is 1.46. The molecule has 1 aliphatic rings. The van der Waals surface area contributed by atoms with Crippen LogP contribution in [0.1, 0.15) is 31.4 Å². The van der Waals surface area contributed by atoms with Crippen molar-refractivity contribution in [2.45, 2.75) is 33.2 Å². The van der Waals surface area contributed by atoms with Crippen molar-refractivity contribution in [3.05, 3.63) is 90.6 Å². The monoisotopic (exact) mass is 451 g/mol. The first-order valence-electron chi connectivity index (χ1n) is 11.7. The van der Waals surface area contributed by atoms with E-state index in [2.05, 4.69) is 94.8 Å². The number of rotatable bonds is 8. The van der Waals surface area contributed by atoms with Gasteiger partial charge in [0.25, 0.3) is 0 Å². The number of hydrogen-bond acceptors (Lipinski definition) is 5. The van der Waals surface area contributed by atoms with Crippen molar-refractivity contribution in [1.29, 1.82) is 0 Å². The van der Waals surface area contributed by atoms with Crippen LogP contribution in [-0.2, 0) is 13.0 Å². The predicted octanol–water partition coefficient (Wildman–Crippen LogP) is 5.41. The lowest BCUT2D eigenvalue weighted by molar-refractivity contribution is 0.710. The number of aromatic nitrogens is 5. The minimum absolute atomic E-state index is 0.753. The van der Waals surface area contributed by atoms with E-state index in [0.717, 1.165) is 65.1 Å². The highest BCUT2D eigenvalue weighted by atomic mass is 15.3. The molecule has 34 heavy (non-hydrogen) atoms. The molecule has 7 nitrogen and oxygen atoms in total. The van der Waals surface area contributed by atoms with Crippen LogP contribution in [0.15, 0.2) is 79.5 Å². The average molecular weight is 452 g/mol. The summed E-state index contributed by atoms with van der Waals surface area (Å²) in [6.45, 7) is 9.99. The first kappa shape index (κ1) is 21.7. The highest BCUT2D eigenvalue weighted by Crippen LogP contribution is 2.30. The normalized spacial score (nSPS) is 13.3. The summed E-state index contributed by atoms with van der Waals surface area (Å²) in [5.41, 5.74) is 7.43. The summed E-state index contributed by atoms with van der Waals surface area (Å²) >= 11 is 0. The SMILES string of the molecule is C=C(NCC)c1cn2ncnc(Nc3ccc4c(cnn4CC4=CCC=CC=C4)c3)c2c1CC. The summed E-state index contributed by atoms with van der Waals surface area (Å²) in [5.74, 6) is 0.774. The fourth-order valence-corrected chi connectivity index (χ4v) is 4.43. The summed E-state index contributed by atoms with van der Waals surface area (Å²) in [6, 6.07) is 6.30. The second-order valence-electron chi connectivity index (χ2n) is 8.29. The maximum atomic E-state index is 4.63. The van der Waals surface area contributed by atoms with E-state index in [4.69, 9.17) is 0 Å². The lowest BCUT2D eigenvalue weighted by Crippen LogP contribution is -2.10. The van der Waals surface area contributed by atoms with Crippen molar-refractivity contribution < 1.29 is 0 Å². The molecule has 0 bridgehead atoms. The van der Waals surface area contributed by atoms with E-state index in [1.165, 1.54) is 11.1 Å². The predicted molar refractivity (Wildman–Crippen MR) is 139 cm³/mol. The lowest BCUT2D eigenvalue weighted by Gasteiger charge is -2.10. The van der Waals surface area contributed by atoms with Crippen LogP contribution in [0.25, 0.3) is 22.1 Å². The molecular formula is C27H29N7. The van der Waals surface area contributed by atoms with Crippen molar-refractivity contribution in [1.82, 2.24) is 29.7 Å². The van der Waals surface area contributed by atoms with Gasteiger partial charge in [0.15, 0.2) is 5.82 Å². The average Bonchev–Trinajstić information content (AvgIpc) is 3.32. The molecule has 0 fully saturated rings. The molecule has 0 radical (unpaired) electrons. The Kier molecular flexibility index (Phi) is 5.99. The molecule has 1 aliphatic carbocycles. The number of fused-ring (bicyclic) bond motifs is 2. The van der Waals surface area contributed by atoms with Gasteiger partial charge in [-0.15, -0.1) is 0 Å². The van der Waals surface area contributed by atoms with Crippen LogP contribution in [0.5, 0.6) is 0 Å². The molecule has 0 amide bonds. The fraction of sp³-hybridized carbons (Fsp3) is 0.222. The van der Waals surface area contributed by atoms with Gasteiger partial charge in [0.1, 0.15) is 11.8 Å². The van der Waals surface area contributed by atoms with E-state index in [-0.39, 0.29) is 0 Å². The summed E-state index contributed by atoms with van der Waals surface area (Å²) in [4.78, 5) is 4.57. The maximum absolute atomic E-state index is 4.63. The van der Waals surface area contributed by atoms with Gasteiger partial charge in [-0.1, -0.05) is 43.9 Å². The van der Waals surface area contributed by atoms with E-state index in [0.29, 0.717) is 0 Å². The molecule has 172 valence electrons. The second kappa shape index (κ2) is 9.39. The van der Waals surface area contributed by atoms with E-state index < -0.39 is 0 Å². The van der Waals surface area contributed by atoms with Gasteiger partial charge in [0.2, 0.25) is 0 Å². The van der Waals surface area contributed by atoms with Crippen molar-refractivity contribution in [3.63, 3.8) is 0 Å². The van der Waals surface area contributed by atoms with E-state index in [1.54, 1.807) is 6.33 Å². The Hall–Kier alpha value is -4.13. The van der Waals surface area contributed by atoms with Crippen LogP contribution in [0, 0.1) is 0 Å². The molecule has 0 aliphatic heterocycles. The summed E-state index contributed by atoms with van der Waals surface area (Å²) in [7, 11) is 0. The van der Waals surface area contributed by atoms with Gasteiger partial charge in [-0.05, 0) is 49.1 Å². The number of allylic oxidation sites excluding steroid dienone is 6. The van der Waals surface area contributed by atoms with Crippen LogP contribution in [-0.4, -0.2) is 30.9 Å². The second-order valence-corrected chi connectivity index (χ2v) is 8.29. The summed E-state index contributed by atoms with van der Waals surface area (Å²) < 4.78 is 3.93. The molecule has 0 spiro atoms. The zero-order valence-electron chi connectivity index (χ0n) is 19.6. The summed E-state index contributed by atoms with van der Waals surface area (Å²) in [6.07, 6.45) is 18.0. The zero-order valence-corrected chi connectivity index (χ0v) is 19.6. The van der Waals surface area contributed by atoms with Crippen LogP contribution >= 0.6 is 0 Å². The number of nitrogens with zero attached hydrogens (tertiary/aromatic N) is 5. The van der Waals surface area contributed by atoms with Crippen molar-refractivity contribution >= 4 is 33.6 Å². The van der Waals surface area contributed by atoms with E-state index in [9.17, 15) is 0 Å². The fourth-order valence-electron chi connectivity index (χ4n) is 4.43. The molecule has 0 atom stereocenters. The molecular weight excluding hydrogens is 422 g/mol. The van der Waals surface area contributed by atoms with Crippen LogP contribution in [0.2, 0.25) is 0 Å². The quantitative estimate of drug-likeness (QED) is 0.375. The van der Waals surface area contributed by atoms with E-state index >= 15 is 0 Å². The Morgan fingerprint density at radius 2 is 2.09 bits per heavy atom. The van der Waals surface area contributed by atoms with Gasteiger partial charge in [0, 0.05) is 35.1 Å². The molecule has 0 saturated carbocycles. The Labute approximate surface area is 199 Å². The van der Waals surface area contributed by atoms with Crippen LogP contribution < -0.4 is 10.6 Å². The van der Waals surface area contributed by atoms with Crippen LogP contribution in [0.3, 0.4) is 0 Å². The zero-order chi connectivity index (χ0) is 23.5. The standard InChI is InChI=1S/C27H29N7/c1-4-23-24(19(3)28-5-2)17-34-26(23)27(29-18-31-34)32-22-12-13-25-21(14-22)15-30-33(25)16-20-10-8-6-7-9-11-20/h6-8,10-15,17-18,28H,3-5,9,16H2,1-2H3,(H,29,31,32). The Bertz CT molecular complexity index is 1450. The smallest absolute Gasteiger partial charge is 0.158 e. The minimum atomic E-state index is 0.753. The van der Waals surface area contributed by atoms with Crippen molar-refractivity contribution in [2.24, 2.45) is 0 Å². The van der Waals surface area contributed by atoms with Gasteiger partial charge in [0.05, 0.1) is 18.3 Å². The number of nitrogens with one attached hydrogen (secondary N) is 2. The third-order valence-corrected chi connectivity index (χ3v) is 6.06. The molecule has 1 aromatic carbocycles. The molecule has 2 N–H and O–H groups in total. The van der Waals surface area contributed by atoms with Gasteiger partial charge in [-0.25, -0.2) is 9.50 Å². The van der Waals surface area contributed by atoms with Gasteiger partial charge in [-0.3, -0.25) is 4.68 Å². The number of hydrogen-bond donors (Lipinski definition) is 2. The maximum Gasteiger partial charge on any atom is 0.158 e.